The number of halogens is 1. The van der Waals surface area contributed by atoms with Crippen LogP contribution in [-0.4, -0.2) is 58.8 Å². The van der Waals surface area contributed by atoms with Gasteiger partial charge in [-0.3, -0.25) is 14.9 Å². The first-order valence-electron chi connectivity index (χ1n) is 8.57. The third-order valence-electron chi connectivity index (χ3n) is 4.49. The van der Waals surface area contributed by atoms with Gasteiger partial charge in [0.05, 0.1) is 11.5 Å². The summed E-state index contributed by atoms with van der Waals surface area (Å²) < 4.78 is 0. The van der Waals surface area contributed by atoms with E-state index in [0.29, 0.717) is 25.7 Å². The van der Waals surface area contributed by atoms with Gasteiger partial charge in [0.25, 0.3) is 5.69 Å². The van der Waals surface area contributed by atoms with Crippen LogP contribution in [0, 0.1) is 10.1 Å². The molecule has 0 radical (unpaired) electrons. The molecular formula is C17H24IN5O3. The Morgan fingerprint density at radius 1 is 1.19 bits per heavy atom. The molecule has 1 aliphatic carbocycles. The second-order valence-corrected chi connectivity index (χ2v) is 6.48. The number of rotatable bonds is 4. The van der Waals surface area contributed by atoms with E-state index < -0.39 is 4.92 Å². The van der Waals surface area contributed by atoms with Crippen LogP contribution in [0.2, 0.25) is 0 Å². The first kappa shape index (κ1) is 20.4. The topological polar surface area (TPSA) is 91.1 Å². The SMILES string of the molecule is CC(=O)N1CCN(C(=NCc2ccc([N+](=O)[O-])cc2)NC2CC2)CC1.I. The number of nitrogens with zero attached hydrogens (tertiary/aromatic N) is 4. The molecule has 3 rings (SSSR count). The van der Waals surface area contributed by atoms with Gasteiger partial charge in [-0.15, -0.1) is 24.0 Å². The molecule has 2 fully saturated rings. The predicted molar refractivity (Wildman–Crippen MR) is 110 cm³/mol. The van der Waals surface area contributed by atoms with E-state index in [1.165, 1.54) is 12.1 Å². The number of non-ortho nitro benzene ring substituents is 1. The summed E-state index contributed by atoms with van der Waals surface area (Å²) in [5, 5.41) is 14.2. The molecule has 1 aromatic carbocycles. The van der Waals surface area contributed by atoms with Crippen molar-refractivity contribution >= 4 is 41.5 Å². The summed E-state index contributed by atoms with van der Waals surface area (Å²) in [7, 11) is 0. The maximum absolute atomic E-state index is 11.5. The maximum atomic E-state index is 11.5. The number of nitro benzene ring substituents is 1. The average molecular weight is 473 g/mol. The number of carbonyl (C=O) groups excluding carboxylic acids is 1. The van der Waals surface area contributed by atoms with Gasteiger partial charge in [0.1, 0.15) is 0 Å². The Hall–Kier alpha value is -1.91. The molecule has 1 heterocycles. The molecule has 2 aliphatic rings. The van der Waals surface area contributed by atoms with Crippen LogP contribution in [0.3, 0.4) is 0 Å². The molecule has 1 saturated carbocycles. The van der Waals surface area contributed by atoms with E-state index in [-0.39, 0.29) is 35.6 Å². The van der Waals surface area contributed by atoms with E-state index in [1.54, 1.807) is 19.1 Å². The fraction of sp³-hybridized carbons (Fsp3) is 0.529. The van der Waals surface area contributed by atoms with Gasteiger partial charge in [0, 0.05) is 51.3 Å². The summed E-state index contributed by atoms with van der Waals surface area (Å²) >= 11 is 0. The number of nitro groups is 1. The number of benzene rings is 1. The standard InChI is InChI=1S/C17H23N5O3.HI/c1-13(23)20-8-10-21(11-9-20)17(19-15-4-5-15)18-12-14-2-6-16(7-3-14)22(24)25;/h2-3,6-7,15H,4-5,8-12H2,1H3,(H,18,19);1H. The first-order valence-corrected chi connectivity index (χ1v) is 8.57. The lowest BCUT2D eigenvalue weighted by molar-refractivity contribution is -0.384. The van der Waals surface area contributed by atoms with Gasteiger partial charge in [0.2, 0.25) is 5.91 Å². The first-order chi connectivity index (χ1) is 12.0. The van der Waals surface area contributed by atoms with Gasteiger partial charge >= 0.3 is 0 Å². The zero-order valence-electron chi connectivity index (χ0n) is 14.8. The van der Waals surface area contributed by atoms with Crippen LogP contribution in [0.4, 0.5) is 5.69 Å². The van der Waals surface area contributed by atoms with Crippen molar-refractivity contribution in [2.24, 2.45) is 4.99 Å². The van der Waals surface area contributed by atoms with Gasteiger partial charge < -0.3 is 15.1 Å². The molecule has 1 saturated heterocycles. The summed E-state index contributed by atoms with van der Waals surface area (Å²) in [4.78, 5) is 30.5. The molecule has 1 aromatic rings. The summed E-state index contributed by atoms with van der Waals surface area (Å²) in [6.07, 6.45) is 2.31. The molecule has 0 aromatic heterocycles. The Labute approximate surface area is 169 Å². The van der Waals surface area contributed by atoms with Crippen molar-refractivity contribution in [2.75, 3.05) is 26.2 Å². The number of nitrogens with one attached hydrogen (secondary N) is 1. The van der Waals surface area contributed by atoms with Crippen molar-refractivity contribution in [3.63, 3.8) is 0 Å². The number of aliphatic imine (C=N–C) groups is 1. The highest BCUT2D eigenvalue weighted by atomic mass is 127. The van der Waals surface area contributed by atoms with E-state index in [0.717, 1.165) is 37.5 Å². The second kappa shape index (κ2) is 9.15. The zero-order chi connectivity index (χ0) is 17.8. The molecular weight excluding hydrogens is 449 g/mol. The number of hydrogen-bond donors (Lipinski definition) is 1. The molecule has 1 aliphatic heterocycles. The zero-order valence-corrected chi connectivity index (χ0v) is 17.1. The summed E-state index contributed by atoms with van der Waals surface area (Å²) in [5.41, 5.74) is 1.02. The van der Waals surface area contributed by atoms with E-state index in [9.17, 15) is 14.9 Å². The fourth-order valence-electron chi connectivity index (χ4n) is 2.77. The molecule has 0 unspecified atom stereocenters. The lowest BCUT2D eigenvalue weighted by Gasteiger charge is -2.36. The lowest BCUT2D eigenvalue weighted by Crippen LogP contribution is -2.53. The van der Waals surface area contributed by atoms with Crippen molar-refractivity contribution in [3.8, 4) is 0 Å². The van der Waals surface area contributed by atoms with Crippen molar-refractivity contribution in [1.82, 2.24) is 15.1 Å². The molecule has 1 N–H and O–H groups in total. The van der Waals surface area contributed by atoms with Crippen molar-refractivity contribution in [2.45, 2.75) is 32.4 Å². The number of amides is 1. The van der Waals surface area contributed by atoms with Gasteiger partial charge in [-0.2, -0.15) is 0 Å². The molecule has 0 bridgehead atoms. The Morgan fingerprint density at radius 3 is 2.27 bits per heavy atom. The Kier molecular flexibility index (Phi) is 7.18. The Balaban J connectivity index is 0.00000243. The summed E-state index contributed by atoms with van der Waals surface area (Å²) in [5.74, 6) is 0.975. The quantitative estimate of drug-likeness (QED) is 0.238. The minimum absolute atomic E-state index is 0. The van der Waals surface area contributed by atoms with Gasteiger partial charge in [0.15, 0.2) is 5.96 Å². The molecule has 1 amide bonds. The number of hydrogen-bond acceptors (Lipinski definition) is 4. The molecule has 0 atom stereocenters. The van der Waals surface area contributed by atoms with E-state index in [2.05, 4.69) is 10.2 Å². The Morgan fingerprint density at radius 2 is 1.77 bits per heavy atom. The number of guanidine groups is 1. The molecule has 142 valence electrons. The highest BCUT2D eigenvalue weighted by Crippen LogP contribution is 2.20. The van der Waals surface area contributed by atoms with Crippen LogP contribution in [0.25, 0.3) is 0 Å². The molecule has 26 heavy (non-hydrogen) atoms. The van der Waals surface area contributed by atoms with Gasteiger partial charge in [-0.25, -0.2) is 4.99 Å². The largest absolute Gasteiger partial charge is 0.353 e. The number of piperazine rings is 1. The highest BCUT2D eigenvalue weighted by Gasteiger charge is 2.27. The Bertz CT molecular complexity index is 667. The second-order valence-electron chi connectivity index (χ2n) is 6.48. The monoisotopic (exact) mass is 473 g/mol. The molecule has 8 nitrogen and oxygen atoms in total. The maximum Gasteiger partial charge on any atom is 0.269 e. The van der Waals surface area contributed by atoms with Crippen molar-refractivity contribution < 1.29 is 9.72 Å². The van der Waals surface area contributed by atoms with E-state index in [1.807, 2.05) is 4.90 Å². The summed E-state index contributed by atoms with van der Waals surface area (Å²) in [6.45, 7) is 5.01. The third-order valence-corrected chi connectivity index (χ3v) is 4.49. The average Bonchev–Trinajstić information content (AvgIpc) is 3.43. The molecule has 9 heteroatoms. The van der Waals surface area contributed by atoms with E-state index >= 15 is 0 Å². The van der Waals surface area contributed by atoms with Crippen molar-refractivity contribution in [3.05, 3.63) is 39.9 Å². The minimum Gasteiger partial charge on any atom is -0.353 e. The molecule has 0 spiro atoms. The minimum atomic E-state index is -0.401. The van der Waals surface area contributed by atoms with Crippen LogP contribution in [0.5, 0.6) is 0 Å². The van der Waals surface area contributed by atoms with Crippen LogP contribution in [0.15, 0.2) is 29.3 Å². The lowest BCUT2D eigenvalue weighted by atomic mass is 10.2. The van der Waals surface area contributed by atoms with Crippen LogP contribution < -0.4 is 5.32 Å². The van der Waals surface area contributed by atoms with Gasteiger partial charge in [-0.1, -0.05) is 12.1 Å². The highest BCUT2D eigenvalue weighted by molar-refractivity contribution is 14.0. The predicted octanol–water partition coefficient (Wildman–Crippen LogP) is 1.98. The third kappa shape index (κ3) is 5.55. The summed E-state index contributed by atoms with van der Waals surface area (Å²) in [6, 6.07) is 6.98. The van der Waals surface area contributed by atoms with E-state index in [4.69, 9.17) is 4.99 Å². The normalized spacial score (nSPS) is 17.5. The van der Waals surface area contributed by atoms with Crippen LogP contribution in [-0.2, 0) is 11.3 Å². The van der Waals surface area contributed by atoms with Gasteiger partial charge in [-0.05, 0) is 18.4 Å². The van der Waals surface area contributed by atoms with Crippen LogP contribution >= 0.6 is 24.0 Å². The number of carbonyl (C=O) groups is 1. The fourth-order valence-corrected chi connectivity index (χ4v) is 2.77. The smallest absolute Gasteiger partial charge is 0.269 e. The van der Waals surface area contributed by atoms with Crippen molar-refractivity contribution in [1.29, 1.82) is 0 Å². The van der Waals surface area contributed by atoms with Crippen LogP contribution in [0.1, 0.15) is 25.3 Å².